The van der Waals surface area contributed by atoms with Crippen LogP contribution in [0.4, 0.5) is 0 Å². The highest BCUT2D eigenvalue weighted by Crippen LogP contribution is 2.30. The average Bonchev–Trinajstić information content (AvgIpc) is 2.33. The first-order valence-electron chi connectivity index (χ1n) is 6.12. The molecule has 2 rings (SSSR count). The number of piperidine rings is 1. The SMILES string of the molecule is Cc1cccc(C2CCNC(CO)C2)c1C. The topological polar surface area (TPSA) is 32.3 Å². The number of aliphatic hydroxyl groups is 1. The van der Waals surface area contributed by atoms with Crippen LogP contribution in [-0.4, -0.2) is 24.3 Å². The molecule has 1 aromatic rings. The second-order valence-corrected chi connectivity index (χ2v) is 4.84. The Morgan fingerprint density at radius 2 is 2.19 bits per heavy atom. The molecule has 1 aliphatic rings. The predicted molar refractivity (Wildman–Crippen MR) is 66.8 cm³/mol. The maximum atomic E-state index is 9.22. The lowest BCUT2D eigenvalue weighted by molar-refractivity contribution is 0.210. The van der Waals surface area contributed by atoms with Gasteiger partial charge in [-0.25, -0.2) is 0 Å². The molecule has 2 unspecified atom stereocenters. The molecule has 0 amide bonds. The highest BCUT2D eigenvalue weighted by atomic mass is 16.3. The van der Waals surface area contributed by atoms with Crippen molar-refractivity contribution in [2.24, 2.45) is 0 Å². The molecule has 88 valence electrons. The van der Waals surface area contributed by atoms with Crippen LogP contribution in [-0.2, 0) is 0 Å². The van der Waals surface area contributed by atoms with Crippen LogP contribution in [0.1, 0.15) is 35.4 Å². The monoisotopic (exact) mass is 219 g/mol. The van der Waals surface area contributed by atoms with Gasteiger partial charge in [0.2, 0.25) is 0 Å². The van der Waals surface area contributed by atoms with Crippen molar-refractivity contribution in [3.05, 3.63) is 34.9 Å². The summed E-state index contributed by atoms with van der Waals surface area (Å²) in [6.07, 6.45) is 2.24. The van der Waals surface area contributed by atoms with E-state index in [-0.39, 0.29) is 12.6 Å². The third-order valence-corrected chi connectivity index (χ3v) is 3.80. The minimum Gasteiger partial charge on any atom is -0.395 e. The molecule has 1 fully saturated rings. The molecule has 2 atom stereocenters. The quantitative estimate of drug-likeness (QED) is 0.798. The van der Waals surface area contributed by atoms with Crippen LogP contribution in [0.2, 0.25) is 0 Å². The summed E-state index contributed by atoms with van der Waals surface area (Å²) in [4.78, 5) is 0. The van der Waals surface area contributed by atoms with Crippen LogP contribution in [0.3, 0.4) is 0 Å². The number of nitrogens with one attached hydrogen (secondary N) is 1. The van der Waals surface area contributed by atoms with E-state index in [4.69, 9.17) is 0 Å². The standard InChI is InChI=1S/C14H21NO/c1-10-4-3-5-14(11(10)2)12-6-7-15-13(8-12)9-16/h3-5,12-13,15-16H,6-9H2,1-2H3. The largest absolute Gasteiger partial charge is 0.395 e. The zero-order valence-electron chi connectivity index (χ0n) is 10.2. The van der Waals surface area contributed by atoms with E-state index in [1.165, 1.54) is 23.1 Å². The van der Waals surface area contributed by atoms with Crippen LogP contribution in [0.15, 0.2) is 18.2 Å². The molecule has 0 saturated carbocycles. The van der Waals surface area contributed by atoms with E-state index in [0.717, 1.165) is 13.0 Å². The summed E-state index contributed by atoms with van der Waals surface area (Å²) >= 11 is 0. The van der Waals surface area contributed by atoms with Gasteiger partial charge in [-0.3, -0.25) is 0 Å². The maximum Gasteiger partial charge on any atom is 0.0584 e. The van der Waals surface area contributed by atoms with E-state index in [2.05, 4.69) is 37.4 Å². The highest BCUT2D eigenvalue weighted by Gasteiger charge is 2.23. The summed E-state index contributed by atoms with van der Waals surface area (Å²) < 4.78 is 0. The van der Waals surface area contributed by atoms with E-state index in [0.29, 0.717) is 5.92 Å². The Morgan fingerprint density at radius 1 is 1.38 bits per heavy atom. The Bertz CT molecular complexity index is 362. The third-order valence-electron chi connectivity index (χ3n) is 3.80. The van der Waals surface area contributed by atoms with Crippen molar-refractivity contribution in [2.75, 3.05) is 13.2 Å². The summed E-state index contributed by atoms with van der Waals surface area (Å²) in [7, 11) is 0. The van der Waals surface area contributed by atoms with Crippen molar-refractivity contribution in [2.45, 2.75) is 38.6 Å². The van der Waals surface area contributed by atoms with Gasteiger partial charge in [0.25, 0.3) is 0 Å². The first-order valence-corrected chi connectivity index (χ1v) is 6.12. The van der Waals surface area contributed by atoms with Crippen molar-refractivity contribution in [3.8, 4) is 0 Å². The van der Waals surface area contributed by atoms with Crippen molar-refractivity contribution >= 4 is 0 Å². The number of hydrogen-bond acceptors (Lipinski definition) is 2. The summed E-state index contributed by atoms with van der Waals surface area (Å²) in [5.41, 5.74) is 4.27. The lowest BCUT2D eigenvalue weighted by Crippen LogP contribution is -2.39. The highest BCUT2D eigenvalue weighted by molar-refractivity contribution is 5.36. The van der Waals surface area contributed by atoms with Gasteiger partial charge >= 0.3 is 0 Å². The minimum atomic E-state index is 0.251. The minimum absolute atomic E-state index is 0.251. The van der Waals surface area contributed by atoms with Gasteiger partial charge in [-0.1, -0.05) is 18.2 Å². The van der Waals surface area contributed by atoms with Crippen molar-refractivity contribution in [3.63, 3.8) is 0 Å². The van der Waals surface area contributed by atoms with Gasteiger partial charge in [-0.05, 0) is 55.8 Å². The van der Waals surface area contributed by atoms with Crippen LogP contribution in [0.25, 0.3) is 0 Å². The zero-order valence-corrected chi connectivity index (χ0v) is 10.2. The van der Waals surface area contributed by atoms with Gasteiger partial charge in [0, 0.05) is 6.04 Å². The van der Waals surface area contributed by atoms with Crippen LogP contribution < -0.4 is 5.32 Å². The Labute approximate surface area is 97.7 Å². The lowest BCUT2D eigenvalue weighted by Gasteiger charge is -2.30. The van der Waals surface area contributed by atoms with E-state index in [9.17, 15) is 5.11 Å². The fourth-order valence-electron chi connectivity index (χ4n) is 2.64. The Hall–Kier alpha value is -0.860. The Balaban J connectivity index is 2.20. The van der Waals surface area contributed by atoms with Gasteiger partial charge in [-0.15, -0.1) is 0 Å². The molecular weight excluding hydrogens is 198 g/mol. The number of aliphatic hydroxyl groups excluding tert-OH is 1. The second kappa shape index (κ2) is 4.98. The predicted octanol–water partition coefficient (Wildman–Crippen LogP) is 2.13. The average molecular weight is 219 g/mol. The van der Waals surface area contributed by atoms with E-state index < -0.39 is 0 Å². The molecular formula is C14H21NO. The first kappa shape index (κ1) is 11.6. The summed E-state index contributed by atoms with van der Waals surface area (Å²) in [5.74, 6) is 0.610. The maximum absolute atomic E-state index is 9.22. The van der Waals surface area contributed by atoms with Crippen molar-refractivity contribution in [1.82, 2.24) is 5.32 Å². The molecule has 0 radical (unpaired) electrons. The normalized spacial score (nSPS) is 25.7. The molecule has 1 aromatic carbocycles. The summed E-state index contributed by atoms with van der Waals surface area (Å²) in [6, 6.07) is 6.84. The molecule has 1 heterocycles. The van der Waals surface area contributed by atoms with Gasteiger partial charge in [0.1, 0.15) is 0 Å². The smallest absolute Gasteiger partial charge is 0.0584 e. The van der Waals surface area contributed by atoms with E-state index in [1.807, 2.05) is 0 Å². The first-order chi connectivity index (χ1) is 7.72. The summed E-state index contributed by atoms with van der Waals surface area (Å²) in [5, 5.41) is 12.6. The van der Waals surface area contributed by atoms with Gasteiger partial charge in [0.05, 0.1) is 6.61 Å². The molecule has 1 aliphatic heterocycles. The molecule has 0 aliphatic carbocycles. The number of rotatable bonds is 2. The van der Waals surface area contributed by atoms with Gasteiger partial charge in [0.15, 0.2) is 0 Å². The molecule has 2 heteroatoms. The number of aryl methyl sites for hydroxylation is 1. The number of benzene rings is 1. The van der Waals surface area contributed by atoms with Gasteiger partial charge < -0.3 is 10.4 Å². The second-order valence-electron chi connectivity index (χ2n) is 4.84. The van der Waals surface area contributed by atoms with Crippen molar-refractivity contribution < 1.29 is 5.11 Å². The van der Waals surface area contributed by atoms with Crippen LogP contribution in [0, 0.1) is 13.8 Å². The molecule has 2 nitrogen and oxygen atoms in total. The van der Waals surface area contributed by atoms with Crippen LogP contribution in [0.5, 0.6) is 0 Å². The fraction of sp³-hybridized carbons (Fsp3) is 0.571. The molecule has 0 spiro atoms. The molecule has 16 heavy (non-hydrogen) atoms. The van der Waals surface area contributed by atoms with Crippen LogP contribution >= 0.6 is 0 Å². The molecule has 0 aromatic heterocycles. The fourth-order valence-corrected chi connectivity index (χ4v) is 2.64. The Morgan fingerprint density at radius 3 is 2.94 bits per heavy atom. The van der Waals surface area contributed by atoms with E-state index >= 15 is 0 Å². The molecule has 2 N–H and O–H groups in total. The summed E-state index contributed by atoms with van der Waals surface area (Å²) in [6.45, 7) is 5.65. The number of hydrogen-bond donors (Lipinski definition) is 2. The molecule has 1 saturated heterocycles. The molecule has 0 bridgehead atoms. The zero-order chi connectivity index (χ0) is 11.5. The third kappa shape index (κ3) is 2.28. The van der Waals surface area contributed by atoms with Gasteiger partial charge in [-0.2, -0.15) is 0 Å². The van der Waals surface area contributed by atoms with E-state index in [1.54, 1.807) is 0 Å². The van der Waals surface area contributed by atoms with Crippen molar-refractivity contribution in [1.29, 1.82) is 0 Å². The lowest BCUT2D eigenvalue weighted by atomic mass is 9.83. The Kier molecular flexibility index (Phi) is 3.62.